The third kappa shape index (κ3) is 4.93. The average molecular weight is 472 g/mol. The number of hydrogen-bond donors (Lipinski definition) is 1. The lowest BCUT2D eigenvalue weighted by Gasteiger charge is -2.10. The lowest BCUT2D eigenvalue weighted by atomic mass is 10.0. The van der Waals surface area contributed by atoms with Crippen molar-refractivity contribution in [2.45, 2.75) is 0 Å². The van der Waals surface area contributed by atoms with E-state index in [1.807, 2.05) is 0 Å². The molecule has 1 N–H and O–H groups in total. The van der Waals surface area contributed by atoms with Gasteiger partial charge in [0.2, 0.25) is 5.75 Å². The lowest BCUT2D eigenvalue weighted by molar-refractivity contribution is 0.0999. The van der Waals surface area contributed by atoms with Crippen molar-refractivity contribution in [3.05, 3.63) is 86.9 Å². The van der Waals surface area contributed by atoms with E-state index < -0.39 is 0 Å². The second-order valence-electron chi connectivity index (χ2n) is 6.64. The molecule has 3 aromatic rings. The van der Waals surface area contributed by atoms with Crippen molar-refractivity contribution < 1.29 is 24.2 Å². The Balaban J connectivity index is 1.83. The quantitative estimate of drug-likeness (QED) is 0.358. The number of halogens is 2. The summed E-state index contributed by atoms with van der Waals surface area (Å²) in [6.07, 6.45) is 1.41. The summed E-state index contributed by atoms with van der Waals surface area (Å²) in [5, 5.41) is 10.4. The monoisotopic (exact) mass is 471 g/mol. The van der Waals surface area contributed by atoms with E-state index >= 15 is 0 Å². The smallest absolute Gasteiger partial charge is 0.200 e. The molecular formula is C24H19Cl2NO5. The Labute approximate surface area is 195 Å². The first-order chi connectivity index (χ1) is 15.4. The molecule has 0 atom stereocenters. The van der Waals surface area contributed by atoms with E-state index in [1.165, 1.54) is 32.6 Å². The van der Waals surface area contributed by atoms with E-state index in [4.69, 9.17) is 32.7 Å². The summed E-state index contributed by atoms with van der Waals surface area (Å²) < 4.78 is 10.1. The number of Topliss-reactive ketones (excluding diaryl/α,β-unsaturated/α-hetero) is 1. The highest BCUT2D eigenvalue weighted by Gasteiger charge is 2.19. The van der Waals surface area contributed by atoms with Crippen molar-refractivity contribution in [1.82, 2.24) is 0 Å². The van der Waals surface area contributed by atoms with Crippen LogP contribution in [0, 0.1) is 0 Å². The number of aromatic hydroxyl groups is 1. The number of benzene rings is 3. The zero-order valence-electron chi connectivity index (χ0n) is 17.3. The number of phenols is 1. The van der Waals surface area contributed by atoms with Crippen molar-refractivity contribution >= 4 is 41.0 Å². The molecule has 3 aromatic carbocycles. The van der Waals surface area contributed by atoms with Crippen LogP contribution in [-0.4, -0.2) is 43.7 Å². The topological polar surface area (TPSA) is 85.2 Å². The van der Waals surface area contributed by atoms with Gasteiger partial charge < -0.3 is 14.6 Å². The largest absolute Gasteiger partial charge is 0.502 e. The molecule has 0 spiro atoms. The number of carbonyl (C=O) groups excluding carboxylic acids is 2. The summed E-state index contributed by atoms with van der Waals surface area (Å²) in [5.41, 5.74) is 1.33. The van der Waals surface area contributed by atoms with Crippen molar-refractivity contribution in [3.63, 3.8) is 0 Å². The summed E-state index contributed by atoms with van der Waals surface area (Å²) in [7, 11) is 2.75. The fourth-order valence-corrected chi connectivity index (χ4v) is 3.57. The van der Waals surface area contributed by atoms with Gasteiger partial charge in [0.05, 0.1) is 29.8 Å². The van der Waals surface area contributed by atoms with Gasteiger partial charge in [-0.1, -0.05) is 59.6 Å². The Bertz CT molecular complexity index is 1170. The van der Waals surface area contributed by atoms with Gasteiger partial charge in [0.15, 0.2) is 23.1 Å². The van der Waals surface area contributed by atoms with Crippen molar-refractivity contribution in [2.75, 3.05) is 20.8 Å². The first kappa shape index (κ1) is 23.3. The summed E-state index contributed by atoms with van der Waals surface area (Å²) >= 11 is 12.7. The maximum atomic E-state index is 12.8. The molecule has 0 heterocycles. The van der Waals surface area contributed by atoms with Gasteiger partial charge in [-0.05, 0) is 18.2 Å². The van der Waals surface area contributed by atoms with Crippen molar-refractivity contribution in [3.8, 4) is 17.2 Å². The Hall–Kier alpha value is -3.35. The van der Waals surface area contributed by atoms with E-state index in [-0.39, 0.29) is 56.5 Å². The zero-order valence-corrected chi connectivity index (χ0v) is 18.8. The van der Waals surface area contributed by atoms with Crippen LogP contribution in [0.3, 0.4) is 0 Å². The van der Waals surface area contributed by atoms with Crippen LogP contribution in [0.5, 0.6) is 17.2 Å². The van der Waals surface area contributed by atoms with Crippen LogP contribution in [0.4, 0.5) is 0 Å². The second-order valence-corrected chi connectivity index (χ2v) is 7.43. The molecule has 0 bridgehead atoms. The number of carbonyl (C=O) groups is 2. The number of rotatable bonds is 8. The molecule has 0 fully saturated rings. The summed E-state index contributed by atoms with van der Waals surface area (Å²) in [5.74, 6) is -0.611. The molecule has 0 aliphatic carbocycles. The van der Waals surface area contributed by atoms with Crippen LogP contribution in [0.25, 0.3) is 0 Å². The van der Waals surface area contributed by atoms with Crippen LogP contribution in [0.1, 0.15) is 31.8 Å². The molecular weight excluding hydrogens is 453 g/mol. The Morgan fingerprint density at radius 1 is 0.969 bits per heavy atom. The predicted molar refractivity (Wildman–Crippen MR) is 124 cm³/mol. The second kappa shape index (κ2) is 10.3. The van der Waals surface area contributed by atoms with Gasteiger partial charge in [0.25, 0.3) is 0 Å². The first-order valence-corrected chi connectivity index (χ1v) is 10.2. The minimum Gasteiger partial charge on any atom is -0.502 e. The van der Waals surface area contributed by atoms with Crippen LogP contribution in [-0.2, 0) is 0 Å². The van der Waals surface area contributed by atoms with Gasteiger partial charge in [0, 0.05) is 22.9 Å². The molecule has 32 heavy (non-hydrogen) atoms. The minimum absolute atomic E-state index is 0.112. The third-order valence-electron chi connectivity index (χ3n) is 4.65. The SMILES string of the molecule is COc1cc(C(=O)CN=Cc2ccc(Cl)c(C(=O)c3ccccc3)c2Cl)cc(OC)c1O. The highest BCUT2D eigenvalue weighted by atomic mass is 35.5. The summed E-state index contributed by atoms with van der Waals surface area (Å²) in [4.78, 5) is 29.6. The molecule has 8 heteroatoms. The Kier molecular flexibility index (Phi) is 7.51. The molecule has 6 nitrogen and oxygen atoms in total. The van der Waals surface area contributed by atoms with Crippen LogP contribution < -0.4 is 9.47 Å². The first-order valence-electron chi connectivity index (χ1n) is 9.43. The van der Waals surface area contributed by atoms with E-state index in [0.717, 1.165) is 0 Å². The lowest BCUT2D eigenvalue weighted by Crippen LogP contribution is -2.06. The molecule has 0 aliphatic heterocycles. The minimum atomic E-state index is -0.330. The summed E-state index contributed by atoms with van der Waals surface area (Å²) in [6, 6.07) is 14.6. The number of phenolic OH excluding ortho intramolecular Hbond substituents is 1. The van der Waals surface area contributed by atoms with Gasteiger partial charge in [-0.25, -0.2) is 0 Å². The number of ketones is 2. The molecule has 0 unspecified atom stereocenters. The number of ether oxygens (including phenoxy) is 2. The fraction of sp³-hybridized carbons (Fsp3) is 0.125. The molecule has 164 valence electrons. The number of nitrogens with zero attached hydrogens (tertiary/aromatic N) is 1. The molecule has 0 radical (unpaired) electrons. The van der Waals surface area contributed by atoms with Gasteiger partial charge in [-0.3, -0.25) is 14.6 Å². The zero-order chi connectivity index (χ0) is 23.3. The molecule has 0 saturated carbocycles. The van der Waals surface area contributed by atoms with Gasteiger partial charge in [-0.2, -0.15) is 0 Å². The van der Waals surface area contributed by atoms with Crippen molar-refractivity contribution in [1.29, 1.82) is 0 Å². The Morgan fingerprint density at radius 3 is 2.19 bits per heavy atom. The van der Waals surface area contributed by atoms with Gasteiger partial charge >= 0.3 is 0 Å². The molecule has 0 aromatic heterocycles. The van der Waals surface area contributed by atoms with Crippen LogP contribution in [0.15, 0.2) is 59.6 Å². The van der Waals surface area contributed by atoms with E-state index in [9.17, 15) is 14.7 Å². The van der Waals surface area contributed by atoms with E-state index in [0.29, 0.717) is 11.1 Å². The highest BCUT2D eigenvalue weighted by molar-refractivity contribution is 6.42. The maximum absolute atomic E-state index is 12.8. The van der Waals surface area contributed by atoms with Gasteiger partial charge in [-0.15, -0.1) is 0 Å². The van der Waals surface area contributed by atoms with Crippen LogP contribution >= 0.6 is 23.2 Å². The number of methoxy groups -OCH3 is 2. The normalized spacial score (nSPS) is 10.9. The molecule has 0 saturated heterocycles. The van der Waals surface area contributed by atoms with Crippen LogP contribution in [0.2, 0.25) is 10.0 Å². The Morgan fingerprint density at radius 2 is 1.59 bits per heavy atom. The van der Waals surface area contributed by atoms with Crippen molar-refractivity contribution in [2.24, 2.45) is 4.99 Å². The fourth-order valence-electron chi connectivity index (χ4n) is 2.98. The maximum Gasteiger partial charge on any atom is 0.200 e. The highest BCUT2D eigenvalue weighted by Crippen LogP contribution is 2.37. The molecule has 0 aliphatic rings. The third-order valence-corrected chi connectivity index (χ3v) is 5.37. The molecule has 0 amide bonds. The van der Waals surface area contributed by atoms with E-state index in [1.54, 1.807) is 42.5 Å². The van der Waals surface area contributed by atoms with Gasteiger partial charge in [0.1, 0.15) is 6.54 Å². The molecule has 3 rings (SSSR count). The number of hydrogen-bond acceptors (Lipinski definition) is 6. The summed E-state index contributed by atoms with van der Waals surface area (Å²) in [6.45, 7) is -0.196. The average Bonchev–Trinajstić information content (AvgIpc) is 2.81. The predicted octanol–water partition coefficient (Wildman–Crippen LogP) is 5.25. The number of aliphatic imine (C=N–C) groups is 1. The van der Waals surface area contributed by atoms with E-state index in [2.05, 4.69) is 4.99 Å². The standard InChI is InChI=1S/C24H19Cl2NO5/c1-31-19-10-16(11-20(32-2)24(19)30)18(28)13-27-12-15-8-9-17(25)21(22(15)26)23(29)14-6-4-3-5-7-14/h3-12,30H,13H2,1-2H3.